The van der Waals surface area contributed by atoms with Crippen LogP contribution < -0.4 is 15.0 Å². The van der Waals surface area contributed by atoms with E-state index in [2.05, 4.69) is 10.3 Å². The molecule has 1 aliphatic rings. The number of hydrogen-bond donors (Lipinski definition) is 1. The molecule has 2 aromatic carbocycles. The van der Waals surface area contributed by atoms with E-state index in [1.54, 1.807) is 58.7 Å². The highest BCUT2D eigenvalue weighted by atomic mass is 32.1. The van der Waals surface area contributed by atoms with Crippen molar-refractivity contribution in [1.82, 2.24) is 4.98 Å². The summed E-state index contributed by atoms with van der Waals surface area (Å²) in [5, 5.41) is 5.64. The Kier molecular flexibility index (Phi) is 6.99. The van der Waals surface area contributed by atoms with Gasteiger partial charge < -0.3 is 19.7 Å². The number of ether oxygens (including phenoxy) is 2. The number of nitrogens with one attached hydrogen (secondary N) is 1. The third kappa shape index (κ3) is 5.75. The van der Waals surface area contributed by atoms with Crippen LogP contribution in [0.1, 0.15) is 33.9 Å². The van der Waals surface area contributed by atoms with Crippen LogP contribution in [0.15, 0.2) is 53.9 Å². The van der Waals surface area contributed by atoms with Gasteiger partial charge in [-0.1, -0.05) is 12.1 Å². The predicted molar refractivity (Wildman–Crippen MR) is 125 cm³/mol. The molecule has 1 fully saturated rings. The fourth-order valence-electron chi connectivity index (χ4n) is 3.44. The summed E-state index contributed by atoms with van der Waals surface area (Å²) in [5.74, 6) is -0.476. The fraction of sp³-hybridized carbons (Fsp3) is 0.250. The first-order valence-corrected chi connectivity index (χ1v) is 11.4. The molecule has 33 heavy (non-hydrogen) atoms. The van der Waals surface area contributed by atoms with Crippen molar-refractivity contribution in [2.24, 2.45) is 0 Å². The molecule has 3 aromatic rings. The van der Waals surface area contributed by atoms with Gasteiger partial charge in [-0.25, -0.2) is 9.78 Å². The van der Waals surface area contributed by atoms with Gasteiger partial charge in [-0.2, -0.15) is 0 Å². The van der Waals surface area contributed by atoms with E-state index in [0.717, 1.165) is 17.1 Å². The number of carbonyl (C=O) groups excluding carboxylic acids is 3. The number of amides is 2. The molecule has 1 N–H and O–H groups in total. The molecule has 1 aliphatic heterocycles. The van der Waals surface area contributed by atoms with E-state index in [4.69, 9.17) is 9.47 Å². The van der Waals surface area contributed by atoms with Gasteiger partial charge in [0.25, 0.3) is 5.91 Å². The highest BCUT2D eigenvalue weighted by Gasteiger charge is 2.24. The average molecular weight is 466 g/mol. The zero-order valence-electron chi connectivity index (χ0n) is 18.1. The zero-order valence-corrected chi connectivity index (χ0v) is 18.9. The van der Waals surface area contributed by atoms with Gasteiger partial charge in [-0.15, -0.1) is 11.3 Å². The van der Waals surface area contributed by atoms with Crippen LogP contribution in [-0.4, -0.2) is 35.9 Å². The Labute approximate surface area is 195 Å². The van der Waals surface area contributed by atoms with E-state index < -0.39 is 18.5 Å². The Morgan fingerprint density at radius 2 is 1.94 bits per heavy atom. The minimum Gasteiger partial charge on any atom is -0.487 e. The van der Waals surface area contributed by atoms with Gasteiger partial charge in [0.05, 0.1) is 27.6 Å². The van der Waals surface area contributed by atoms with E-state index in [1.165, 1.54) is 0 Å². The molecule has 1 saturated heterocycles. The number of aromatic nitrogens is 1. The molecule has 0 bridgehead atoms. The topological polar surface area (TPSA) is 97.8 Å². The van der Waals surface area contributed by atoms with Crippen LogP contribution >= 0.6 is 11.3 Å². The van der Waals surface area contributed by atoms with Crippen molar-refractivity contribution in [3.63, 3.8) is 0 Å². The largest absolute Gasteiger partial charge is 0.487 e. The summed E-state index contributed by atoms with van der Waals surface area (Å²) in [6.45, 7) is 2.45. The molecule has 8 nitrogen and oxygen atoms in total. The number of benzene rings is 2. The molecule has 4 rings (SSSR count). The smallest absolute Gasteiger partial charge is 0.338 e. The van der Waals surface area contributed by atoms with E-state index in [0.29, 0.717) is 42.3 Å². The minimum atomic E-state index is -0.616. The van der Waals surface area contributed by atoms with Crippen LogP contribution in [0.2, 0.25) is 0 Å². The highest BCUT2D eigenvalue weighted by Crippen LogP contribution is 2.29. The lowest BCUT2D eigenvalue weighted by atomic mass is 10.2. The number of rotatable bonds is 8. The summed E-state index contributed by atoms with van der Waals surface area (Å²) < 4.78 is 10.8. The summed E-state index contributed by atoms with van der Waals surface area (Å²) in [4.78, 5) is 42.7. The molecule has 0 saturated carbocycles. The van der Waals surface area contributed by atoms with Gasteiger partial charge in [0.2, 0.25) is 5.91 Å². The van der Waals surface area contributed by atoms with E-state index in [9.17, 15) is 14.4 Å². The molecule has 0 unspecified atom stereocenters. The van der Waals surface area contributed by atoms with Crippen LogP contribution in [0.25, 0.3) is 0 Å². The van der Waals surface area contributed by atoms with Gasteiger partial charge in [-0.3, -0.25) is 9.59 Å². The van der Waals surface area contributed by atoms with Gasteiger partial charge in [0.15, 0.2) is 6.61 Å². The molecule has 2 amide bonds. The highest BCUT2D eigenvalue weighted by molar-refractivity contribution is 7.09. The number of nitrogens with zero attached hydrogens (tertiary/aromatic N) is 2. The third-order valence-electron chi connectivity index (χ3n) is 5.02. The van der Waals surface area contributed by atoms with Crippen molar-refractivity contribution < 1.29 is 23.9 Å². The summed E-state index contributed by atoms with van der Waals surface area (Å²) >= 11 is 1.56. The molecule has 0 aliphatic carbocycles. The first-order valence-electron chi connectivity index (χ1n) is 10.5. The number of hydrogen-bond acceptors (Lipinski definition) is 7. The Morgan fingerprint density at radius 3 is 2.64 bits per heavy atom. The standard InChI is InChI=1S/C24H23N3O5S/c1-16-25-18(15-33-16)13-31-19-10-8-17(9-11-19)24(30)32-14-22(28)26-20-5-2-3-6-21(20)27-12-4-7-23(27)29/h2-3,5-6,8-11,15H,4,7,12-14H2,1H3,(H,26,28). The lowest BCUT2D eigenvalue weighted by Crippen LogP contribution is -2.27. The van der Waals surface area contributed by atoms with Gasteiger partial charge >= 0.3 is 5.97 Å². The summed E-state index contributed by atoms with van der Waals surface area (Å²) in [6, 6.07) is 13.6. The average Bonchev–Trinajstić information content (AvgIpc) is 3.44. The number of carbonyl (C=O) groups is 3. The zero-order chi connectivity index (χ0) is 23.2. The maximum absolute atomic E-state index is 12.4. The van der Waals surface area contributed by atoms with Crippen LogP contribution in [-0.2, 0) is 20.9 Å². The second-order valence-corrected chi connectivity index (χ2v) is 8.52. The van der Waals surface area contributed by atoms with Crippen LogP contribution in [0.3, 0.4) is 0 Å². The first-order chi connectivity index (χ1) is 16.0. The molecule has 0 radical (unpaired) electrons. The Bertz CT molecular complexity index is 1160. The van der Waals surface area contributed by atoms with Crippen LogP contribution in [0, 0.1) is 6.92 Å². The number of thiazole rings is 1. The minimum absolute atomic E-state index is 0.0252. The second kappa shape index (κ2) is 10.3. The molecule has 170 valence electrons. The number of anilines is 2. The summed E-state index contributed by atoms with van der Waals surface area (Å²) in [5.41, 5.74) is 2.30. The maximum atomic E-state index is 12.4. The second-order valence-electron chi connectivity index (χ2n) is 7.46. The van der Waals surface area contributed by atoms with Gasteiger partial charge in [0, 0.05) is 18.3 Å². The van der Waals surface area contributed by atoms with Crippen molar-refractivity contribution >= 4 is 40.5 Å². The van der Waals surface area contributed by atoms with Crippen LogP contribution in [0.4, 0.5) is 11.4 Å². The molecule has 0 atom stereocenters. The van der Waals surface area contributed by atoms with Gasteiger partial charge in [0.1, 0.15) is 12.4 Å². The number of esters is 1. The van der Waals surface area contributed by atoms with Crippen molar-refractivity contribution in [3.05, 3.63) is 70.2 Å². The fourth-order valence-corrected chi connectivity index (χ4v) is 4.03. The molecular formula is C24H23N3O5S. The predicted octanol–water partition coefficient (Wildman–Crippen LogP) is 3.95. The Morgan fingerprint density at radius 1 is 1.15 bits per heavy atom. The van der Waals surface area contributed by atoms with Crippen molar-refractivity contribution in [3.8, 4) is 5.75 Å². The SMILES string of the molecule is Cc1nc(COc2ccc(C(=O)OCC(=O)Nc3ccccc3N3CCCC3=O)cc2)cs1. The molecule has 0 spiro atoms. The van der Waals surface area contributed by atoms with E-state index >= 15 is 0 Å². The number of para-hydroxylation sites is 2. The van der Waals surface area contributed by atoms with Crippen LogP contribution in [0.5, 0.6) is 5.75 Å². The van der Waals surface area contributed by atoms with Crippen molar-refractivity contribution in [2.45, 2.75) is 26.4 Å². The molecule has 9 heteroatoms. The third-order valence-corrected chi connectivity index (χ3v) is 5.84. The summed E-state index contributed by atoms with van der Waals surface area (Å²) in [7, 11) is 0. The molecular weight excluding hydrogens is 442 g/mol. The first kappa shape index (κ1) is 22.5. The quantitative estimate of drug-likeness (QED) is 0.506. The maximum Gasteiger partial charge on any atom is 0.338 e. The Balaban J connectivity index is 1.28. The summed E-state index contributed by atoms with van der Waals surface area (Å²) in [6.07, 6.45) is 1.28. The number of aryl methyl sites for hydroxylation is 1. The van der Waals surface area contributed by atoms with Crippen molar-refractivity contribution in [1.29, 1.82) is 0 Å². The normalized spacial score (nSPS) is 13.1. The van der Waals surface area contributed by atoms with E-state index in [1.807, 2.05) is 18.4 Å². The lowest BCUT2D eigenvalue weighted by Gasteiger charge is -2.19. The lowest BCUT2D eigenvalue weighted by molar-refractivity contribution is -0.119. The Hall–Kier alpha value is -3.72. The monoisotopic (exact) mass is 465 g/mol. The molecule has 2 heterocycles. The van der Waals surface area contributed by atoms with Crippen molar-refractivity contribution in [2.75, 3.05) is 23.4 Å². The van der Waals surface area contributed by atoms with Gasteiger partial charge in [-0.05, 0) is 49.7 Å². The van der Waals surface area contributed by atoms with E-state index in [-0.39, 0.29) is 5.91 Å². The molecule has 1 aromatic heterocycles.